The van der Waals surface area contributed by atoms with Crippen LogP contribution in [0.4, 0.5) is 0 Å². The molecule has 1 aromatic rings. The van der Waals surface area contributed by atoms with Crippen LogP contribution >= 0.6 is 0 Å². The fraction of sp³-hybridized carbons (Fsp3) is 0.533. The van der Waals surface area contributed by atoms with Crippen LogP contribution in [0.1, 0.15) is 12.8 Å². The largest absolute Gasteiger partial charge is 0.487 e. The van der Waals surface area contributed by atoms with Crippen molar-refractivity contribution in [1.82, 2.24) is 4.90 Å². The van der Waals surface area contributed by atoms with Crippen molar-refractivity contribution in [1.29, 1.82) is 0 Å². The second kappa shape index (κ2) is 5.61. The minimum absolute atomic E-state index is 0.145. The zero-order chi connectivity index (χ0) is 13.1. The Morgan fingerprint density at radius 2 is 2.11 bits per heavy atom. The first-order chi connectivity index (χ1) is 9.31. The maximum Gasteiger partial charge on any atom is 0.223 e. The third-order valence-electron chi connectivity index (χ3n) is 3.73. The molecular formula is C15H19NO3. The summed E-state index contributed by atoms with van der Waals surface area (Å²) in [5.74, 6) is 1.54. The molecule has 0 bridgehead atoms. The minimum atomic E-state index is 0.145. The van der Waals surface area contributed by atoms with Crippen molar-refractivity contribution in [2.24, 2.45) is 5.92 Å². The highest BCUT2D eigenvalue weighted by Gasteiger charge is 2.33. The molecule has 0 saturated carbocycles. The molecule has 2 saturated heterocycles. The van der Waals surface area contributed by atoms with Gasteiger partial charge in [0, 0.05) is 19.6 Å². The highest BCUT2D eigenvalue weighted by atomic mass is 16.5. The Kier molecular flexibility index (Phi) is 3.69. The molecule has 0 radical (unpaired) electrons. The fourth-order valence-electron chi connectivity index (χ4n) is 2.53. The molecule has 2 heterocycles. The molecule has 19 heavy (non-hydrogen) atoms. The summed E-state index contributed by atoms with van der Waals surface area (Å²) in [6.07, 6.45) is 1.79. The molecule has 0 aromatic heterocycles. The molecular weight excluding hydrogens is 242 g/mol. The van der Waals surface area contributed by atoms with Gasteiger partial charge in [-0.2, -0.15) is 0 Å². The molecule has 1 aromatic carbocycles. The van der Waals surface area contributed by atoms with E-state index in [0.717, 1.165) is 25.4 Å². The van der Waals surface area contributed by atoms with E-state index in [1.54, 1.807) is 0 Å². The summed E-state index contributed by atoms with van der Waals surface area (Å²) in [6, 6.07) is 9.77. The van der Waals surface area contributed by atoms with Crippen molar-refractivity contribution in [2.45, 2.75) is 18.9 Å². The number of hydrogen-bond donors (Lipinski definition) is 0. The van der Waals surface area contributed by atoms with Gasteiger partial charge < -0.3 is 14.4 Å². The maximum atomic E-state index is 12.0. The van der Waals surface area contributed by atoms with E-state index in [4.69, 9.17) is 9.47 Å². The van der Waals surface area contributed by atoms with Crippen molar-refractivity contribution in [3.63, 3.8) is 0 Å². The number of hydrogen-bond acceptors (Lipinski definition) is 3. The molecule has 102 valence electrons. The summed E-state index contributed by atoms with van der Waals surface area (Å²) in [5.41, 5.74) is 0. The van der Waals surface area contributed by atoms with Gasteiger partial charge in [-0.1, -0.05) is 18.2 Å². The van der Waals surface area contributed by atoms with Gasteiger partial charge in [0.2, 0.25) is 5.91 Å². The van der Waals surface area contributed by atoms with Crippen LogP contribution in [0, 0.1) is 5.92 Å². The number of rotatable bonds is 4. The summed E-state index contributed by atoms with van der Waals surface area (Å²) < 4.78 is 11.1. The predicted molar refractivity (Wildman–Crippen MR) is 71.0 cm³/mol. The van der Waals surface area contributed by atoms with Gasteiger partial charge in [0.1, 0.15) is 11.9 Å². The molecule has 0 aliphatic carbocycles. The van der Waals surface area contributed by atoms with Crippen molar-refractivity contribution in [3.8, 4) is 5.75 Å². The van der Waals surface area contributed by atoms with Crippen LogP contribution in [-0.4, -0.2) is 43.2 Å². The number of ether oxygens (including phenoxy) is 2. The van der Waals surface area contributed by atoms with Gasteiger partial charge >= 0.3 is 0 Å². The lowest BCUT2D eigenvalue weighted by Gasteiger charge is -2.39. The molecule has 2 fully saturated rings. The van der Waals surface area contributed by atoms with E-state index in [0.29, 0.717) is 25.4 Å². The Labute approximate surface area is 113 Å². The third kappa shape index (κ3) is 3.07. The Morgan fingerprint density at radius 3 is 2.79 bits per heavy atom. The first-order valence-corrected chi connectivity index (χ1v) is 6.88. The van der Waals surface area contributed by atoms with E-state index < -0.39 is 0 Å². The number of nitrogens with zero attached hydrogens (tertiary/aromatic N) is 1. The van der Waals surface area contributed by atoms with Crippen molar-refractivity contribution in [3.05, 3.63) is 30.3 Å². The Hall–Kier alpha value is -1.55. The first kappa shape index (κ1) is 12.5. The highest BCUT2D eigenvalue weighted by molar-refractivity contribution is 5.77. The quantitative estimate of drug-likeness (QED) is 0.828. The molecule has 4 nitrogen and oxygen atoms in total. The Bertz CT molecular complexity index is 422. The van der Waals surface area contributed by atoms with Gasteiger partial charge in [0.15, 0.2) is 0 Å². The van der Waals surface area contributed by atoms with Gasteiger partial charge in [-0.15, -0.1) is 0 Å². The first-order valence-electron chi connectivity index (χ1n) is 6.88. The maximum absolute atomic E-state index is 12.0. The number of likely N-dealkylation sites (tertiary alicyclic amines) is 1. The zero-order valence-corrected chi connectivity index (χ0v) is 11.0. The lowest BCUT2D eigenvalue weighted by Crippen LogP contribution is -2.56. The zero-order valence-electron chi connectivity index (χ0n) is 11.0. The predicted octanol–water partition coefficient (Wildman–Crippen LogP) is 1.70. The topological polar surface area (TPSA) is 38.8 Å². The lowest BCUT2D eigenvalue weighted by molar-refractivity contribution is -0.141. The van der Waals surface area contributed by atoms with E-state index in [1.165, 1.54) is 0 Å². The van der Waals surface area contributed by atoms with Gasteiger partial charge in [0.25, 0.3) is 0 Å². The third-order valence-corrected chi connectivity index (χ3v) is 3.73. The molecule has 4 heteroatoms. The average Bonchev–Trinajstić information content (AvgIpc) is 2.87. The van der Waals surface area contributed by atoms with Gasteiger partial charge in [-0.25, -0.2) is 0 Å². The average molecular weight is 261 g/mol. The Morgan fingerprint density at radius 1 is 1.32 bits per heavy atom. The summed E-state index contributed by atoms with van der Waals surface area (Å²) in [5, 5.41) is 0. The van der Waals surface area contributed by atoms with Crippen LogP contribution in [0.2, 0.25) is 0 Å². The highest BCUT2D eigenvalue weighted by Crippen LogP contribution is 2.22. The number of benzene rings is 1. The molecule has 0 spiro atoms. The van der Waals surface area contributed by atoms with Crippen LogP contribution in [0.15, 0.2) is 30.3 Å². The number of carbonyl (C=O) groups excluding carboxylic acids is 1. The number of amides is 1. The Balaban J connectivity index is 1.41. The fourth-order valence-corrected chi connectivity index (χ4v) is 2.53. The van der Waals surface area contributed by atoms with Gasteiger partial charge in [-0.05, 0) is 24.5 Å². The van der Waals surface area contributed by atoms with Crippen molar-refractivity contribution < 1.29 is 14.3 Å². The smallest absolute Gasteiger partial charge is 0.223 e. The standard InChI is InChI=1S/C15H19NO3/c17-15(8-12-6-7-18-11-12)16-9-14(10-16)19-13-4-2-1-3-5-13/h1-5,12,14H,6-11H2/t12-/m1/s1. The summed E-state index contributed by atoms with van der Waals surface area (Å²) in [6.45, 7) is 2.96. The molecule has 0 unspecified atom stereocenters. The number of carbonyl (C=O) groups is 1. The second-order valence-corrected chi connectivity index (χ2v) is 5.29. The van der Waals surface area contributed by atoms with E-state index in [-0.39, 0.29) is 12.0 Å². The molecule has 1 atom stereocenters. The lowest BCUT2D eigenvalue weighted by atomic mass is 10.0. The second-order valence-electron chi connectivity index (χ2n) is 5.29. The number of para-hydroxylation sites is 1. The van der Waals surface area contributed by atoms with Crippen LogP contribution in [0.5, 0.6) is 5.75 Å². The SMILES string of the molecule is O=C(C[C@H]1CCOC1)N1CC(Oc2ccccc2)C1. The van der Waals surface area contributed by atoms with Crippen molar-refractivity contribution >= 4 is 5.91 Å². The van der Waals surface area contributed by atoms with Gasteiger partial charge in [0.05, 0.1) is 13.1 Å². The van der Waals surface area contributed by atoms with E-state index in [1.807, 2.05) is 35.2 Å². The molecule has 3 rings (SSSR count). The monoisotopic (exact) mass is 261 g/mol. The minimum Gasteiger partial charge on any atom is -0.487 e. The molecule has 0 N–H and O–H groups in total. The van der Waals surface area contributed by atoms with E-state index in [2.05, 4.69) is 0 Å². The van der Waals surface area contributed by atoms with Crippen molar-refractivity contribution in [2.75, 3.05) is 26.3 Å². The van der Waals surface area contributed by atoms with E-state index in [9.17, 15) is 4.79 Å². The summed E-state index contributed by atoms with van der Waals surface area (Å²) in [7, 11) is 0. The van der Waals surface area contributed by atoms with E-state index >= 15 is 0 Å². The van der Waals surface area contributed by atoms with Gasteiger partial charge in [-0.3, -0.25) is 4.79 Å². The molecule has 2 aliphatic rings. The van der Waals surface area contributed by atoms with Crippen LogP contribution < -0.4 is 4.74 Å². The van der Waals surface area contributed by atoms with Crippen LogP contribution in [0.25, 0.3) is 0 Å². The molecule has 2 aliphatic heterocycles. The summed E-state index contributed by atoms with van der Waals surface area (Å²) >= 11 is 0. The van der Waals surface area contributed by atoms with Crippen LogP contribution in [0.3, 0.4) is 0 Å². The van der Waals surface area contributed by atoms with Crippen LogP contribution in [-0.2, 0) is 9.53 Å². The normalized spacial score (nSPS) is 23.2. The summed E-state index contributed by atoms with van der Waals surface area (Å²) in [4.78, 5) is 13.9. The molecule has 1 amide bonds.